The summed E-state index contributed by atoms with van der Waals surface area (Å²) < 4.78 is 40.0. The number of benzene rings is 2. The van der Waals surface area contributed by atoms with Crippen LogP contribution < -0.4 is 0 Å². The van der Waals surface area contributed by atoms with Crippen molar-refractivity contribution in [1.29, 1.82) is 0 Å². The molecule has 0 amide bonds. The molecule has 0 aliphatic rings. The highest BCUT2D eigenvalue weighted by Crippen LogP contribution is 2.31. The summed E-state index contributed by atoms with van der Waals surface area (Å²) in [6, 6.07) is 13.2. The van der Waals surface area contributed by atoms with Crippen molar-refractivity contribution < 1.29 is 13.2 Å². The summed E-state index contributed by atoms with van der Waals surface area (Å²) >= 11 is 0. The molecule has 0 atom stereocenters. The number of para-hydroxylation sites is 1. The summed E-state index contributed by atoms with van der Waals surface area (Å²) in [6.07, 6.45) is -4.19. The van der Waals surface area contributed by atoms with E-state index in [1.807, 2.05) is 44.2 Å². The second kappa shape index (κ2) is 7.87. The van der Waals surface area contributed by atoms with Gasteiger partial charge in [-0.3, -0.25) is 0 Å². The Bertz CT molecular complexity index is 1260. The van der Waals surface area contributed by atoms with Crippen LogP contribution in [0.1, 0.15) is 68.1 Å². The van der Waals surface area contributed by atoms with E-state index >= 15 is 0 Å². The van der Waals surface area contributed by atoms with Crippen molar-refractivity contribution in [2.24, 2.45) is 0 Å². The van der Waals surface area contributed by atoms with Gasteiger partial charge in [0.15, 0.2) is 0 Å². The highest BCUT2D eigenvalue weighted by Gasteiger charge is 2.35. The van der Waals surface area contributed by atoms with E-state index in [-0.39, 0.29) is 17.4 Å². The van der Waals surface area contributed by atoms with Crippen LogP contribution in [0.5, 0.6) is 0 Å². The lowest BCUT2D eigenvalue weighted by atomic mass is 10.0. The third kappa shape index (κ3) is 4.22. The second-order valence-electron chi connectivity index (χ2n) is 8.31. The molecule has 0 spiro atoms. The molecule has 7 heteroatoms. The number of nitrogens with zero attached hydrogens (tertiary/aromatic N) is 4. The molecule has 0 N–H and O–H groups in total. The van der Waals surface area contributed by atoms with E-state index in [0.29, 0.717) is 23.3 Å². The molecule has 0 radical (unpaired) electrons. The van der Waals surface area contributed by atoms with Gasteiger partial charge in [-0.2, -0.15) is 13.2 Å². The standard InChI is InChI=1S/C24H23F3N4/c1-13(2)21-16-7-5-6-8-18(16)28-20(30-21)12-15-9-10-17-19(11-15)29-23(24(25,26)27)31-22(17)14(3)4/h5-11,13-14H,12H2,1-4H3. The minimum Gasteiger partial charge on any atom is -0.237 e. The normalized spacial score (nSPS) is 12.4. The van der Waals surface area contributed by atoms with Gasteiger partial charge in [0.05, 0.1) is 22.4 Å². The maximum atomic E-state index is 13.3. The van der Waals surface area contributed by atoms with Crippen LogP contribution in [0, 0.1) is 0 Å². The van der Waals surface area contributed by atoms with Gasteiger partial charge in [0.2, 0.25) is 5.82 Å². The van der Waals surface area contributed by atoms with Gasteiger partial charge in [0.25, 0.3) is 0 Å². The predicted octanol–water partition coefficient (Wildman–Crippen LogP) is 6.43. The molecule has 2 heterocycles. The van der Waals surface area contributed by atoms with E-state index < -0.39 is 12.0 Å². The summed E-state index contributed by atoms with van der Waals surface area (Å²) in [4.78, 5) is 17.0. The molecule has 31 heavy (non-hydrogen) atoms. The molecule has 0 bridgehead atoms. The number of hydrogen-bond acceptors (Lipinski definition) is 4. The van der Waals surface area contributed by atoms with Gasteiger partial charge in [-0.15, -0.1) is 0 Å². The van der Waals surface area contributed by atoms with Gasteiger partial charge in [-0.1, -0.05) is 58.0 Å². The van der Waals surface area contributed by atoms with Gasteiger partial charge in [-0.25, -0.2) is 19.9 Å². The average molecular weight is 424 g/mol. The highest BCUT2D eigenvalue weighted by molar-refractivity contribution is 5.83. The van der Waals surface area contributed by atoms with Crippen molar-refractivity contribution in [3.63, 3.8) is 0 Å². The van der Waals surface area contributed by atoms with Crippen LogP contribution in [0.3, 0.4) is 0 Å². The Labute approximate surface area is 178 Å². The summed E-state index contributed by atoms with van der Waals surface area (Å²) in [7, 11) is 0. The summed E-state index contributed by atoms with van der Waals surface area (Å²) in [5.41, 5.74) is 3.31. The minimum absolute atomic E-state index is 0.158. The third-order valence-electron chi connectivity index (χ3n) is 5.18. The Morgan fingerprint density at radius 3 is 2.06 bits per heavy atom. The SMILES string of the molecule is CC(C)c1nc(Cc2ccc3c(C(C)C)nc(C(F)(F)F)nc3c2)nc2ccccc12. The zero-order valence-electron chi connectivity index (χ0n) is 17.8. The van der Waals surface area contributed by atoms with Crippen LogP contribution in [0.2, 0.25) is 0 Å². The fourth-order valence-electron chi connectivity index (χ4n) is 3.73. The molecule has 0 fully saturated rings. The van der Waals surface area contributed by atoms with E-state index in [9.17, 15) is 13.2 Å². The molecule has 0 unspecified atom stereocenters. The first-order chi connectivity index (χ1) is 14.6. The second-order valence-corrected chi connectivity index (χ2v) is 8.31. The Balaban J connectivity index is 1.81. The number of hydrogen-bond donors (Lipinski definition) is 0. The largest absolute Gasteiger partial charge is 0.451 e. The lowest BCUT2D eigenvalue weighted by Gasteiger charge is -2.14. The molecular weight excluding hydrogens is 401 g/mol. The fraction of sp³-hybridized carbons (Fsp3) is 0.333. The molecule has 0 aliphatic heterocycles. The molecule has 4 rings (SSSR count). The molecule has 4 nitrogen and oxygen atoms in total. The van der Waals surface area contributed by atoms with Crippen LogP contribution in [0.25, 0.3) is 21.8 Å². The van der Waals surface area contributed by atoms with Crippen molar-refractivity contribution >= 4 is 21.8 Å². The van der Waals surface area contributed by atoms with Gasteiger partial charge in [-0.05, 0) is 29.5 Å². The number of fused-ring (bicyclic) bond motifs is 2. The van der Waals surface area contributed by atoms with Crippen LogP contribution in [0.4, 0.5) is 13.2 Å². The predicted molar refractivity (Wildman–Crippen MR) is 115 cm³/mol. The molecule has 2 aromatic heterocycles. The van der Waals surface area contributed by atoms with Gasteiger partial charge in [0, 0.05) is 17.2 Å². The summed E-state index contributed by atoms with van der Waals surface area (Å²) in [5.74, 6) is -0.408. The number of rotatable bonds is 4. The van der Waals surface area contributed by atoms with Crippen LogP contribution in [-0.4, -0.2) is 19.9 Å². The molecule has 0 saturated carbocycles. The van der Waals surface area contributed by atoms with Gasteiger partial charge in [0.1, 0.15) is 5.82 Å². The summed E-state index contributed by atoms with van der Waals surface area (Å²) in [6.45, 7) is 7.81. The van der Waals surface area contributed by atoms with E-state index in [1.54, 1.807) is 12.1 Å². The minimum atomic E-state index is -4.60. The Kier molecular flexibility index (Phi) is 5.37. The molecule has 4 aromatic rings. The van der Waals surface area contributed by atoms with Gasteiger partial charge >= 0.3 is 6.18 Å². The van der Waals surface area contributed by atoms with Crippen LogP contribution >= 0.6 is 0 Å². The molecule has 2 aromatic carbocycles. The molecule has 160 valence electrons. The fourth-order valence-corrected chi connectivity index (χ4v) is 3.73. The Hall–Kier alpha value is -3.09. The first-order valence-electron chi connectivity index (χ1n) is 10.3. The van der Waals surface area contributed by atoms with Crippen molar-refractivity contribution in [2.45, 2.75) is 52.1 Å². The lowest BCUT2D eigenvalue weighted by molar-refractivity contribution is -0.144. The monoisotopic (exact) mass is 424 g/mol. The number of alkyl halides is 3. The quantitative estimate of drug-likeness (QED) is 0.379. The Morgan fingerprint density at radius 2 is 1.39 bits per heavy atom. The number of halogens is 3. The lowest BCUT2D eigenvalue weighted by Crippen LogP contribution is -2.13. The maximum absolute atomic E-state index is 13.3. The molecular formula is C24H23F3N4. The van der Waals surface area contributed by atoms with Crippen LogP contribution in [-0.2, 0) is 12.6 Å². The average Bonchev–Trinajstić information content (AvgIpc) is 2.71. The van der Waals surface area contributed by atoms with Crippen molar-refractivity contribution in [1.82, 2.24) is 19.9 Å². The zero-order valence-corrected chi connectivity index (χ0v) is 17.8. The van der Waals surface area contributed by atoms with Crippen molar-refractivity contribution in [3.8, 4) is 0 Å². The zero-order chi connectivity index (χ0) is 22.3. The van der Waals surface area contributed by atoms with E-state index in [1.165, 1.54) is 0 Å². The van der Waals surface area contributed by atoms with Gasteiger partial charge < -0.3 is 0 Å². The van der Waals surface area contributed by atoms with E-state index in [0.717, 1.165) is 22.2 Å². The number of aromatic nitrogens is 4. The van der Waals surface area contributed by atoms with Crippen LogP contribution in [0.15, 0.2) is 42.5 Å². The van der Waals surface area contributed by atoms with E-state index in [2.05, 4.69) is 28.8 Å². The maximum Gasteiger partial charge on any atom is 0.451 e. The topological polar surface area (TPSA) is 51.6 Å². The van der Waals surface area contributed by atoms with Crippen molar-refractivity contribution in [2.75, 3.05) is 0 Å². The smallest absolute Gasteiger partial charge is 0.237 e. The molecule has 0 aliphatic carbocycles. The first-order valence-corrected chi connectivity index (χ1v) is 10.3. The summed E-state index contributed by atoms with van der Waals surface area (Å²) in [5, 5.41) is 1.65. The van der Waals surface area contributed by atoms with E-state index in [4.69, 9.17) is 4.98 Å². The highest BCUT2D eigenvalue weighted by atomic mass is 19.4. The molecule has 0 saturated heterocycles. The van der Waals surface area contributed by atoms with Crippen molar-refractivity contribution in [3.05, 3.63) is 71.1 Å². The first kappa shape index (κ1) is 21.2. The Morgan fingerprint density at radius 1 is 0.742 bits per heavy atom. The third-order valence-corrected chi connectivity index (χ3v) is 5.18.